The van der Waals surface area contributed by atoms with Crippen molar-refractivity contribution in [1.82, 2.24) is 19.9 Å². The minimum atomic E-state index is 0.181. The van der Waals surface area contributed by atoms with E-state index in [1.54, 1.807) is 12.5 Å². The van der Waals surface area contributed by atoms with Crippen LogP contribution in [0.3, 0.4) is 0 Å². The number of fused-ring (bicyclic) bond motifs is 5. The molecule has 1 aliphatic carbocycles. The molecule has 154 valence electrons. The molecule has 0 radical (unpaired) electrons. The Morgan fingerprint density at radius 1 is 1.30 bits per heavy atom. The van der Waals surface area contributed by atoms with Crippen molar-refractivity contribution in [3.05, 3.63) is 47.5 Å². The Morgan fingerprint density at radius 3 is 2.93 bits per heavy atom. The maximum Gasteiger partial charge on any atom is 0.231 e. The van der Waals surface area contributed by atoms with Gasteiger partial charge in [0.1, 0.15) is 17.7 Å². The first-order valence-corrected chi connectivity index (χ1v) is 10.5. The van der Waals surface area contributed by atoms with Crippen LogP contribution < -0.4 is 11.1 Å². The van der Waals surface area contributed by atoms with Crippen molar-refractivity contribution in [2.24, 2.45) is 5.41 Å². The van der Waals surface area contributed by atoms with Gasteiger partial charge in [-0.25, -0.2) is 9.97 Å². The lowest BCUT2D eigenvalue weighted by molar-refractivity contribution is 0.240. The van der Waals surface area contributed by atoms with Gasteiger partial charge in [-0.3, -0.25) is 4.98 Å². The van der Waals surface area contributed by atoms with E-state index < -0.39 is 0 Å². The molecule has 0 aliphatic heterocycles. The lowest BCUT2D eigenvalue weighted by Crippen LogP contribution is -2.29. The number of rotatable bonds is 4. The highest BCUT2D eigenvalue weighted by Crippen LogP contribution is 2.51. The molecular weight excluding hydrogens is 376 g/mol. The third-order valence-electron chi connectivity index (χ3n) is 6.48. The van der Waals surface area contributed by atoms with Gasteiger partial charge in [0, 0.05) is 18.9 Å². The quantitative estimate of drug-likeness (QED) is 0.504. The van der Waals surface area contributed by atoms with Crippen LogP contribution in [0.25, 0.3) is 22.2 Å². The highest BCUT2D eigenvalue weighted by atomic mass is 16.3. The fourth-order valence-electron chi connectivity index (χ4n) is 4.92. The zero-order valence-electron chi connectivity index (χ0n) is 17.6. The minimum absolute atomic E-state index is 0.181. The lowest BCUT2D eigenvalue weighted by atomic mass is 9.64. The molecule has 4 aromatic heterocycles. The normalized spacial score (nSPS) is 17.9. The molecule has 0 saturated heterocycles. The van der Waals surface area contributed by atoms with Crippen molar-refractivity contribution in [2.75, 3.05) is 11.1 Å². The molecule has 0 bridgehead atoms. The van der Waals surface area contributed by atoms with Crippen molar-refractivity contribution >= 4 is 33.8 Å². The molecule has 7 nitrogen and oxygen atoms in total. The van der Waals surface area contributed by atoms with Crippen molar-refractivity contribution in [3.63, 3.8) is 0 Å². The number of aromatic nitrogens is 4. The van der Waals surface area contributed by atoms with Gasteiger partial charge in [-0.15, -0.1) is 0 Å². The van der Waals surface area contributed by atoms with Gasteiger partial charge in [0.05, 0.1) is 5.39 Å². The van der Waals surface area contributed by atoms with Gasteiger partial charge in [0.15, 0.2) is 11.4 Å². The maximum absolute atomic E-state index is 6.38. The molecule has 30 heavy (non-hydrogen) atoms. The van der Waals surface area contributed by atoms with Gasteiger partial charge >= 0.3 is 0 Å². The van der Waals surface area contributed by atoms with E-state index in [4.69, 9.17) is 10.2 Å². The Labute approximate surface area is 175 Å². The van der Waals surface area contributed by atoms with E-state index >= 15 is 0 Å². The third-order valence-corrected chi connectivity index (χ3v) is 6.48. The van der Waals surface area contributed by atoms with Crippen LogP contribution in [0.4, 0.5) is 11.6 Å². The average Bonchev–Trinajstić information content (AvgIpc) is 3.11. The predicted octanol–water partition coefficient (Wildman–Crippen LogP) is 4.83. The van der Waals surface area contributed by atoms with Gasteiger partial charge < -0.3 is 15.5 Å². The van der Waals surface area contributed by atoms with Crippen LogP contribution in [-0.2, 0) is 13.0 Å². The smallest absolute Gasteiger partial charge is 0.231 e. The Morgan fingerprint density at radius 2 is 2.17 bits per heavy atom. The first-order chi connectivity index (χ1) is 14.5. The highest BCUT2D eigenvalue weighted by Gasteiger charge is 2.38. The van der Waals surface area contributed by atoms with E-state index in [9.17, 15) is 0 Å². The number of furan rings is 1. The summed E-state index contributed by atoms with van der Waals surface area (Å²) in [5.74, 6) is 1.59. The van der Waals surface area contributed by atoms with E-state index in [2.05, 4.69) is 46.0 Å². The molecule has 0 spiro atoms. The molecule has 0 aromatic carbocycles. The Bertz CT molecular complexity index is 1230. The Kier molecular flexibility index (Phi) is 4.34. The molecule has 1 atom stereocenters. The SMILES string of the molecule is CCC1c2c(c(N)nc3oc4c(NCc5cccnc5)ncnc4c23)CCC1(C)C. The van der Waals surface area contributed by atoms with Gasteiger partial charge in [0.2, 0.25) is 5.71 Å². The second-order valence-electron chi connectivity index (χ2n) is 8.74. The maximum atomic E-state index is 6.38. The summed E-state index contributed by atoms with van der Waals surface area (Å²) in [5, 5.41) is 4.34. The standard InChI is InChI=1S/C23H26N6O/c1-4-15-16-14(7-8-23(15,2)3)20(24)29-22-17(16)18-19(30-22)21(28-12-27-18)26-11-13-6-5-9-25-10-13/h5-6,9-10,12,15H,4,7-8,11H2,1-3H3,(H2,24,29)(H,26,27,28). The van der Waals surface area contributed by atoms with Crippen LogP contribution >= 0.6 is 0 Å². The molecule has 3 N–H and O–H groups in total. The number of anilines is 2. The van der Waals surface area contributed by atoms with E-state index in [1.165, 1.54) is 5.56 Å². The van der Waals surface area contributed by atoms with E-state index in [0.717, 1.165) is 41.3 Å². The summed E-state index contributed by atoms with van der Waals surface area (Å²) in [4.78, 5) is 17.8. The zero-order valence-corrected chi connectivity index (χ0v) is 17.6. The lowest BCUT2D eigenvalue weighted by Gasteiger charge is -2.40. The third kappa shape index (κ3) is 2.88. The molecule has 0 fully saturated rings. The number of hydrogen-bond acceptors (Lipinski definition) is 7. The summed E-state index contributed by atoms with van der Waals surface area (Å²) in [6.07, 6.45) is 8.23. The summed E-state index contributed by atoms with van der Waals surface area (Å²) >= 11 is 0. The van der Waals surface area contributed by atoms with Crippen LogP contribution in [0.2, 0.25) is 0 Å². The molecule has 0 saturated carbocycles. The van der Waals surface area contributed by atoms with Crippen LogP contribution in [0.1, 0.15) is 56.2 Å². The first-order valence-electron chi connectivity index (χ1n) is 10.5. The van der Waals surface area contributed by atoms with Crippen molar-refractivity contribution < 1.29 is 4.42 Å². The van der Waals surface area contributed by atoms with E-state index in [0.29, 0.717) is 35.4 Å². The molecule has 7 heteroatoms. The molecule has 4 aromatic rings. The minimum Gasteiger partial charge on any atom is -0.432 e. The van der Waals surface area contributed by atoms with Crippen LogP contribution in [0.5, 0.6) is 0 Å². The summed E-state index contributed by atoms with van der Waals surface area (Å²) in [5.41, 5.74) is 12.0. The summed E-state index contributed by atoms with van der Waals surface area (Å²) in [6.45, 7) is 7.51. The first kappa shape index (κ1) is 18.8. The molecule has 4 heterocycles. The fourth-order valence-corrected chi connectivity index (χ4v) is 4.92. The Hall–Kier alpha value is -3.22. The number of nitrogens with zero attached hydrogens (tertiary/aromatic N) is 4. The number of nitrogen functional groups attached to an aromatic ring is 1. The highest BCUT2D eigenvalue weighted by molar-refractivity contribution is 6.07. The zero-order chi connectivity index (χ0) is 20.9. The fraction of sp³-hybridized carbons (Fsp3) is 0.391. The topological polar surface area (TPSA) is 103 Å². The number of hydrogen-bond donors (Lipinski definition) is 2. The molecule has 1 unspecified atom stereocenters. The molecule has 1 aliphatic rings. The number of nitrogens with two attached hydrogens (primary N) is 1. The second-order valence-corrected chi connectivity index (χ2v) is 8.74. The van der Waals surface area contributed by atoms with Gasteiger partial charge in [-0.05, 0) is 53.4 Å². The van der Waals surface area contributed by atoms with Crippen LogP contribution in [0.15, 0.2) is 35.3 Å². The van der Waals surface area contributed by atoms with E-state index in [-0.39, 0.29) is 5.41 Å². The number of pyridine rings is 2. The summed E-state index contributed by atoms with van der Waals surface area (Å²) in [6, 6.07) is 3.93. The second kappa shape index (κ2) is 6.93. The molecular formula is C23H26N6O. The molecule has 5 rings (SSSR count). The molecule has 0 amide bonds. The van der Waals surface area contributed by atoms with Crippen molar-refractivity contribution in [3.8, 4) is 0 Å². The summed E-state index contributed by atoms with van der Waals surface area (Å²) < 4.78 is 6.19. The van der Waals surface area contributed by atoms with Crippen molar-refractivity contribution in [1.29, 1.82) is 0 Å². The Balaban J connectivity index is 1.69. The van der Waals surface area contributed by atoms with Crippen molar-refractivity contribution in [2.45, 2.75) is 52.5 Å². The predicted molar refractivity (Wildman–Crippen MR) is 118 cm³/mol. The average molecular weight is 403 g/mol. The monoisotopic (exact) mass is 402 g/mol. The number of nitrogens with one attached hydrogen (secondary N) is 1. The van der Waals surface area contributed by atoms with E-state index in [1.807, 2.05) is 18.3 Å². The summed E-state index contributed by atoms with van der Waals surface area (Å²) in [7, 11) is 0. The van der Waals surface area contributed by atoms with Gasteiger partial charge in [0.25, 0.3) is 0 Å². The van der Waals surface area contributed by atoms with Crippen LogP contribution in [0, 0.1) is 5.41 Å². The van der Waals surface area contributed by atoms with Gasteiger partial charge in [-0.2, -0.15) is 4.98 Å². The van der Waals surface area contributed by atoms with Gasteiger partial charge in [-0.1, -0.05) is 26.8 Å². The largest absolute Gasteiger partial charge is 0.432 e. The van der Waals surface area contributed by atoms with Crippen LogP contribution in [-0.4, -0.2) is 19.9 Å².